The summed E-state index contributed by atoms with van der Waals surface area (Å²) in [5, 5.41) is 14.8. The maximum absolute atomic E-state index is 9.02. The maximum Gasteiger partial charge on any atom is 0.0991 e. The van der Waals surface area contributed by atoms with Gasteiger partial charge in [-0.05, 0) is 23.6 Å². The number of fused-ring (bicyclic) bond motifs is 1. The molecule has 90 valence electrons. The summed E-state index contributed by atoms with van der Waals surface area (Å²) < 4.78 is 0. The summed E-state index contributed by atoms with van der Waals surface area (Å²) in [5.74, 6) is 0. The second-order valence-corrected chi connectivity index (χ2v) is 4.56. The van der Waals surface area contributed by atoms with Gasteiger partial charge in [0.2, 0.25) is 0 Å². The van der Waals surface area contributed by atoms with Crippen molar-refractivity contribution in [3.05, 3.63) is 42.0 Å². The number of nitrogens with zero attached hydrogens (tertiary/aromatic N) is 2. The number of benzene rings is 2. The van der Waals surface area contributed by atoms with E-state index in [9.17, 15) is 0 Å². The normalized spacial score (nSPS) is 15.6. The molecule has 0 spiro atoms. The molecule has 0 amide bonds. The lowest BCUT2D eigenvalue weighted by Crippen LogP contribution is -2.43. The molecular weight excluding hydrogens is 222 g/mol. The molecule has 1 aliphatic heterocycles. The van der Waals surface area contributed by atoms with Gasteiger partial charge in [-0.15, -0.1) is 0 Å². The molecule has 1 fully saturated rings. The van der Waals surface area contributed by atoms with Crippen LogP contribution in [-0.2, 0) is 0 Å². The van der Waals surface area contributed by atoms with Crippen molar-refractivity contribution in [3.8, 4) is 6.07 Å². The van der Waals surface area contributed by atoms with E-state index in [1.807, 2.05) is 18.2 Å². The molecule has 3 heteroatoms. The average molecular weight is 237 g/mol. The number of hydrogen-bond acceptors (Lipinski definition) is 3. The largest absolute Gasteiger partial charge is 0.368 e. The molecule has 0 bridgehead atoms. The van der Waals surface area contributed by atoms with Crippen molar-refractivity contribution in [2.24, 2.45) is 0 Å². The number of nitrogens with one attached hydrogen (secondary N) is 1. The van der Waals surface area contributed by atoms with Crippen LogP contribution in [0.25, 0.3) is 10.8 Å². The van der Waals surface area contributed by atoms with Gasteiger partial charge >= 0.3 is 0 Å². The van der Waals surface area contributed by atoms with Crippen molar-refractivity contribution in [1.82, 2.24) is 5.32 Å². The van der Waals surface area contributed by atoms with E-state index >= 15 is 0 Å². The molecule has 18 heavy (non-hydrogen) atoms. The van der Waals surface area contributed by atoms with E-state index in [0.717, 1.165) is 31.7 Å². The summed E-state index contributed by atoms with van der Waals surface area (Å²) in [6.07, 6.45) is 0. The van der Waals surface area contributed by atoms with E-state index in [4.69, 9.17) is 5.26 Å². The Morgan fingerprint density at radius 1 is 1.11 bits per heavy atom. The lowest BCUT2D eigenvalue weighted by atomic mass is 10.0. The third-order valence-corrected chi connectivity index (χ3v) is 3.45. The van der Waals surface area contributed by atoms with E-state index in [1.165, 1.54) is 16.5 Å². The fourth-order valence-corrected chi connectivity index (χ4v) is 2.51. The maximum atomic E-state index is 9.02. The van der Waals surface area contributed by atoms with E-state index in [-0.39, 0.29) is 0 Å². The third-order valence-electron chi connectivity index (χ3n) is 3.45. The van der Waals surface area contributed by atoms with Crippen LogP contribution in [0.5, 0.6) is 0 Å². The number of anilines is 1. The zero-order valence-corrected chi connectivity index (χ0v) is 10.2. The Labute approximate surface area is 107 Å². The molecule has 1 saturated heterocycles. The zero-order valence-electron chi connectivity index (χ0n) is 10.2. The van der Waals surface area contributed by atoms with Gasteiger partial charge in [-0.1, -0.05) is 18.2 Å². The highest BCUT2D eigenvalue weighted by Crippen LogP contribution is 2.27. The van der Waals surface area contributed by atoms with Gasteiger partial charge in [-0.3, -0.25) is 0 Å². The Balaban J connectivity index is 2.12. The fraction of sp³-hybridized carbons (Fsp3) is 0.267. The molecule has 0 saturated carbocycles. The Bertz CT molecular complexity index is 607. The van der Waals surface area contributed by atoms with Crippen LogP contribution in [0.1, 0.15) is 5.56 Å². The molecule has 1 heterocycles. The molecule has 1 N–H and O–H groups in total. The SMILES string of the molecule is N#Cc1ccc2cccc(N3CCNCC3)c2c1. The van der Waals surface area contributed by atoms with Crippen molar-refractivity contribution in [1.29, 1.82) is 5.26 Å². The van der Waals surface area contributed by atoms with Crippen molar-refractivity contribution < 1.29 is 0 Å². The van der Waals surface area contributed by atoms with E-state index in [0.29, 0.717) is 0 Å². The monoisotopic (exact) mass is 237 g/mol. The van der Waals surface area contributed by atoms with Crippen molar-refractivity contribution in [2.45, 2.75) is 0 Å². The van der Waals surface area contributed by atoms with E-state index in [1.54, 1.807) is 0 Å². The zero-order chi connectivity index (χ0) is 12.4. The highest BCUT2D eigenvalue weighted by Gasteiger charge is 2.13. The average Bonchev–Trinajstić information content (AvgIpc) is 2.47. The van der Waals surface area contributed by atoms with Crippen LogP contribution in [-0.4, -0.2) is 26.2 Å². The summed E-state index contributed by atoms with van der Waals surface area (Å²) >= 11 is 0. The first kappa shape index (κ1) is 11.1. The smallest absolute Gasteiger partial charge is 0.0991 e. The summed E-state index contributed by atoms with van der Waals surface area (Å²) in [6.45, 7) is 4.09. The van der Waals surface area contributed by atoms with Gasteiger partial charge in [-0.25, -0.2) is 0 Å². The molecule has 2 aromatic carbocycles. The van der Waals surface area contributed by atoms with Crippen molar-refractivity contribution >= 4 is 16.5 Å². The number of hydrogen-bond donors (Lipinski definition) is 1. The van der Waals surface area contributed by atoms with Crippen LogP contribution in [0.3, 0.4) is 0 Å². The Kier molecular flexibility index (Phi) is 2.87. The van der Waals surface area contributed by atoms with E-state index < -0.39 is 0 Å². The summed E-state index contributed by atoms with van der Waals surface area (Å²) in [6, 6.07) is 14.5. The van der Waals surface area contributed by atoms with Gasteiger partial charge in [0.05, 0.1) is 11.6 Å². The first-order chi connectivity index (χ1) is 8.88. The molecule has 0 aliphatic carbocycles. The molecular formula is C15H15N3. The van der Waals surface area contributed by atoms with Gasteiger partial charge in [0.1, 0.15) is 0 Å². The minimum absolute atomic E-state index is 0.727. The van der Waals surface area contributed by atoms with Crippen LogP contribution in [0.15, 0.2) is 36.4 Å². The number of nitriles is 1. The van der Waals surface area contributed by atoms with Crippen LogP contribution in [0.2, 0.25) is 0 Å². The second kappa shape index (κ2) is 4.67. The predicted octanol–water partition coefficient (Wildman–Crippen LogP) is 2.12. The van der Waals surface area contributed by atoms with Gasteiger partial charge in [0, 0.05) is 37.3 Å². The predicted molar refractivity (Wildman–Crippen MR) is 73.7 cm³/mol. The minimum atomic E-state index is 0.727. The Morgan fingerprint density at radius 2 is 1.94 bits per heavy atom. The van der Waals surface area contributed by atoms with Crippen molar-refractivity contribution in [2.75, 3.05) is 31.1 Å². The number of rotatable bonds is 1. The van der Waals surface area contributed by atoms with Crippen LogP contribution < -0.4 is 10.2 Å². The molecule has 0 radical (unpaired) electrons. The molecule has 0 aromatic heterocycles. The molecule has 1 aliphatic rings. The van der Waals surface area contributed by atoms with Gasteiger partial charge in [0.15, 0.2) is 0 Å². The fourth-order valence-electron chi connectivity index (χ4n) is 2.51. The Morgan fingerprint density at radius 3 is 2.72 bits per heavy atom. The minimum Gasteiger partial charge on any atom is -0.368 e. The molecule has 3 rings (SSSR count). The lowest BCUT2D eigenvalue weighted by molar-refractivity contribution is 0.590. The lowest BCUT2D eigenvalue weighted by Gasteiger charge is -2.30. The second-order valence-electron chi connectivity index (χ2n) is 4.56. The summed E-state index contributed by atoms with van der Waals surface area (Å²) in [7, 11) is 0. The molecule has 3 nitrogen and oxygen atoms in total. The molecule has 0 atom stereocenters. The quantitative estimate of drug-likeness (QED) is 0.825. The molecule has 2 aromatic rings. The standard InChI is InChI=1S/C15H15N3/c16-11-12-4-5-13-2-1-3-15(14(13)10-12)18-8-6-17-7-9-18/h1-5,10,17H,6-9H2. The summed E-state index contributed by atoms with van der Waals surface area (Å²) in [4.78, 5) is 2.39. The Hall–Kier alpha value is -2.05. The van der Waals surface area contributed by atoms with Crippen LogP contribution in [0.4, 0.5) is 5.69 Å². The van der Waals surface area contributed by atoms with Crippen LogP contribution in [0, 0.1) is 11.3 Å². The van der Waals surface area contributed by atoms with Crippen molar-refractivity contribution in [3.63, 3.8) is 0 Å². The highest BCUT2D eigenvalue weighted by atomic mass is 15.2. The summed E-state index contributed by atoms with van der Waals surface area (Å²) in [5.41, 5.74) is 1.97. The van der Waals surface area contributed by atoms with Crippen LogP contribution >= 0.6 is 0 Å². The molecule has 0 unspecified atom stereocenters. The third kappa shape index (κ3) is 1.92. The topological polar surface area (TPSA) is 39.1 Å². The highest BCUT2D eigenvalue weighted by molar-refractivity contribution is 5.95. The number of piperazine rings is 1. The first-order valence-electron chi connectivity index (χ1n) is 6.27. The van der Waals surface area contributed by atoms with Gasteiger partial charge in [0.25, 0.3) is 0 Å². The van der Waals surface area contributed by atoms with E-state index in [2.05, 4.69) is 34.5 Å². The van der Waals surface area contributed by atoms with Gasteiger partial charge in [-0.2, -0.15) is 5.26 Å². The van der Waals surface area contributed by atoms with Gasteiger partial charge < -0.3 is 10.2 Å². The first-order valence-corrected chi connectivity index (χ1v) is 6.27.